The zero-order chi connectivity index (χ0) is 22.5. The number of likely N-dealkylation sites (N-methyl/N-ethyl adjacent to an activating group) is 1. The molecule has 0 unspecified atom stereocenters. The Hall–Kier alpha value is -3.16. The zero-order valence-electron chi connectivity index (χ0n) is 18.2. The third-order valence-corrected chi connectivity index (χ3v) is 6.50. The smallest absolute Gasteiger partial charge is 0.341 e. The highest BCUT2D eigenvalue weighted by atomic mass is 32.1. The van der Waals surface area contributed by atoms with E-state index < -0.39 is 0 Å². The number of esters is 1. The highest BCUT2D eigenvalue weighted by Gasteiger charge is 2.29. The van der Waals surface area contributed by atoms with Crippen molar-refractivity contribution in [3.05, 3.63) is 76.2 Å². The van der Waals surface area contributed by atoms with E-state index in [9.17, 15) is 9.59 Å². The van der Waals surface area contributed by atoms with Gasteiger partial charge in [-0.3, -0.25) is 9.69 Å². The Morgan fingerprint density at radius 1 is 1.06 bits per heavy atom. The minimum Gasteiger partial charge on any atom is -0.462 e. The Bertz CT molecular complexity index is 1110. The van der Waals surface area contributed by atoms with Crippen LogP contribution in [0.5, 0.6) is 11.5 Å². The van der Waals surface area contributed by atoms with Crippen LogP contribution < -0.4 is 10.1 Å². The van der Waals surface area contributed by atoms with E-state index in [0.29, 0.717) is 27.6 Å². The summed E-state index contributed by atoms with van der Waals surface area (Å²) in [5.74, 6) is 0.589. The van der Waals surface area contributed by atoms with Crippen LogP contribution >= 0.6 is 11.3 Å². The summed E-state index contributed by atoms with van der Waals surface area (Å²) >= 11 is 1.46. The minimum absolute atomic E-state index is 0.288. The van der Waals surface area contributed by atoms with Crippen LogP contribution in [0.15, 0.2) is 54.6 Å². The molecule has 7 heteroatoms. The highest BCUT2D eigenvalue weighted by molar-refractivity contribution is 7.17. The second kappa shape index (κ2) is 9.97. The van der Waals surface area contributed by atoms with Crippen molar-refractivity contribution < 1.29 is 19.1 Å². The molecular weight excluding hydrogens is 424 g/mol. The lowest BCUT2D eigenvalue weighted by Crippen LogP contribution is -2.30. The van der Waals surface area contributed by atoms with Gasteiger partial charge in [0, 0.05) is 23.5 Å². The number of carbonyl (C=O) groups is 2. The summed E-state index contributed by atoms with van der Waals surface area (Å²) in [5.41, 5.74) is 1.94. The van der Waals surface area contributed by atoms with Crippen molar-refractivity contribution in [2.45, 2.75) is 26.8 Å². The molecule has 0 bridgehead atoms. The Morgan fingerprint density at radius 3 is 2.59 bits per heavy atom. The van der Waals surface area contributed by atoms with Gasteiger partial charge in [0.25, 0.3) is 5.91 Å². The van der Waals surface area contributed by atoms with Crippen molar-refractivity contribution in [3.63, 3.8) is 0 Å². The maximum absolute atomic E-state index is 13.1. The molecule has 0 radical (unpaired) electrons. The fourth-order valence-electron chi connectivity index (χ4n) is 3.73. The molecule has 0 atom stereocenters. The molecule has 166 valence electrons. The van der Waals surface area contributed by atoms with Crippen molar-refractivity contribution in [3.8, 4) is 11.5 Å². The van der Waals surface area contributed by atoms with Crippen LogP contribution in [0.4, 0.5) is 5.00 Å². The van der Waals surface area contributed by atoms with Crippen LogP contribution in [0.3, 0.4) is 0 Å². The molecule has 1 aromatic heterocycles. The fourth-order valence-corrected chi connectivity index (χ4v) is 5.01. The van der Waals surface area contributed by atoms with E-state index >= 15 is 0 Å². The topological polar surface area (TPSA) is 67.9 Å². The summed E-state index contributed by atoms with van der Waals surface area (Å²) in [6.07, 6.45) is 0.768. The first-order valence-corrected chi connectivity index (χ1v) is 11.6. The number of hydrogen-bond donors (Lipinski definition) is 1. The predicted molar refractivity (Wildman–Crippen MR) is 126 cm³/mol. The number of hydrogen-bond acceptors (Lipinski definition) is 6. The van der Waals surface area contributed by atoms with Crippen LogP contribution in [-0.4, -0.2) is 36.5 Å². The molecule has 0 saturated heterocycles. The lowest BCUT2D eigenvalue weighted by molar-refractivity contribution is 0.0526. The van der Waals surface area contributed by atoms with E-state index in [4.69, 9.17) is 9.47 Å². The number of thiophene rings is 1. The number of fused-ring (bicyclic) bond motifs is 1. The molecule has 1 amide bonds. The molecule has 32 heavy (non-hydrogen) atoms. The van der Waals surface area contributed by atoms with Gasteiger partial charge in [-0.05, 0) is 55.8 Å². The predicted octanol–water partition coefficient (Wildman–Crippen LogP) is 5.35. The number of benzene rings is 2. The van der Waals surface area contributed by atoms with E-state index in [1.165, 1.54) is 11.3 Å². The number of ether oxygens (including phenoxy) is 2. The fraction of sp³-hybridized carbons (Fsp3) is 0.280. The first-order chi connectivity index (χ1) is 15.6. The highest BCUT2D eigenvalue weighted by Crippen LogP contribution is 2.38. The summed E-state index contributed by atoms with van der Waals surface area (Å²) in [7, 11) is 0. The van der Waals surface area contributed by atoms with Crippen molar-refractivity contribution in [2.75, 3.05) is 25.0 Å². The van der Waals surface area contributed by atoms with Gasteiger partial charge in [-0.25, -0.2) is 4.79 Å². The molecule has 3 aromatic rings. The summed E-state index contributed by atoms with van der Waals surface area (Å²) in [5, 5.41) is 3.50. The molecule has 0 saturated carbocycles. The molecule has 4 rings (SSSR count). The van der Waals surface area contributed by atoms with Gasteiger partial charge in [-0.1, -0.05) is 31.2 Å². The molecule has 1 aliphatic heterocycles. The second-order valence-corrected chi connectivity index (χ2v) is 8.55. The molecule has 0 fully saturated rings. The number of para-hydroxylation sites is 1. The van der Waals surface area contributed by atoms with Gasteiger partial charge in [-0.15, -0.1) is 11.3 Å². The van der Waals surface area contributed by atoms with E-state index in [1.807, 2.05) is 30.3 Å². The summed E-state index contributed by atoms with van der Waals surface area (Å²) in [6, 6.07) is 16.4. The summed E-state index contributed by atoms with van der Waals surface area (Å²) in [4.78, 5) is 29.2. The first kappa shape index (κ1) is 22.0. The molecule has 0 spiro atoms. The number of anilines is 1. The molecule has 0 aliphatic carbocycles. The first-order valence-electron chi connectivity index (χ1n) is 10.8. The Kier molecular flexibility index (Phi) is 6.87. The zero-order valence-corrected chi connectivity index (χ0v) is 19.0. The normalized spacial score (nSPS) is 13.3. The average molecular weight is 451 g/mol. The number of nitrogens with one attached hydrogen (secondary N) is 1. The third-order valence-electron chi connectivity index (χ3n) is 5.36. The van der Waals surface area contributed by atoms with Crippen LogP contribution in [0, 0.1) is 0 Å². The maximum atomic E-state index is 13.1. The summed E-state index contributed by atoms with van der Waals surface area (Å²) < 4.78 is 11.1. The van der Waals surface area contributed by atoms with Gasteiger partial charge in [0.1, 0.15) is 16.5 Å². The molecule has 1 aliphatic rings. The van der Waals surface area contributed by atoms with Gasteiger partial charge in [0.05, 0.1) is 12.2 Å². The molecule has 1 N–H and O–H groups in total. The third kappa shape index (κ3) is 4.84. The monoisotopic (exact) mass is 450 g/mol. The quantitative estimate of drug-likeness (QED) is 0.492. The van der Waals surface area contributed by atoms with Gasteiger partial charge >= 0.3 is 5.97 Å². The van der Waals surface area contributed by atoms with E-state index in [-0.39, 0.29) is 18.5 Å². The number of nitrogens with zero attached hydrogens (tertiary/aromatic N) is 1. The number of carbonyl (C=O) groups excluding carboxylic acids is 2. The van der Waals surface area contributed by atoms with Crippen LogP contribution in [-0.2, 0) is 17.7 Å². The van der Waals surface area contributed by atoms with Crippen molar-refractivity contribution >= 4 is 28.2 Å². The van der Waals surface area contributed by atoms with Crippen LogP contribution in [0.25, 0.3) is 0 Å². The van der Waals surface area contributed by atoms with E-state index in [2.05, 4.69) is 17.1 Å². The maximum Gasteiger partial charge on any atom is 0.341 e. The minimum atomic E-state index is -0.383. The lowest BCUT2D eigenvalue weighted by Gasteiger charge is -2.25. The standard InChI is InChI=1S/C25H26N2O4S/c1-3-27-14-13-20-21(16-27)32-24(22(20)25(29)30-4-2)26-23(28)17-9-8-12-19(15-17)31-18-10-6-5-7-11-18/h5-12,15H,3-4,13-14,16H2,1-2H3,(H,26,28). The largest absolute Gasteiger partial charge is 0.462 e. The van der Waals surface area contributed by atoms with E-state index in [1.54, 1.807) is 31.2 Å². The SMILES string of the molecule is CCOC(=O)c1c(NC(=O)c2cccc(Oc3ccccc3)c2)sc2c1CCN(CC)C2. The molecule has 2 aromatic carbocycles. The summed E-state index contributed by atoms with van der Waals surface area (Å²) in [6.45, 7) is 6.81. The second-order valence-electron chi connectivity index (χ2n) is 7.44. The number of rotatable bonds is 7. The van der Waals surface area contributed by atoms with Gasteiger partial charge in [-0.2, -0.15) is 0 Å². The van der Waals surface area contributed by atoms with Gasteiger partial charge in [0.15, 0.2) is 0 Å². The van der Waals surface area contributed by atoms with Crippen LogP contribution in [0.1, 0.15) is 45.0 Å². The van der Waals surface area contributed by atoms with Gasteiger partial charge in [0.2, 0.25) is 0 Å². The molecular formula is C25H26N2O4S. The molecule has 2 heterocycles. The Balaban J connectivity index is 1.58. The van der Waals surface area contributed by atoms with Crippen LogP contribution in [0.2, 0.25) is 0 Å². The lowest BCUT2D eigenvalue weighted by atomic mass is 10.0. The average Bonchev–Trinajstić information content (AvgIpc) is 3.17. The van der Waals surface area contributed by atoms with Crippen molar-refractivity contribution in [2.24, 2.45) is 0 Å². The Morgan fingerprint density at radius 2 is 1.84 bits per heavy atom. The number of amides is 1. The van der Waals surface area contributed by atoms with Crippen molar-refractivity contribution in [1.29, 1.82) is 0 Å². The van der Waals surface area contributed by atoms with E-state index in [0.717, 1.165) is 36.5 Å². The molecule has 6 nitrogen and oxygen atoms in total. The Labute approximate surface area is 191 Å². The van der Waals surface area contributed by atoms with Gasteiger partial charge < -0.3 is 14.8 Å². The van der Waals surface area contributed by atoms with Crippen molar-refractivity contribution in [1.82, 2.24) is 4.90 Å².